The summed E-state index contributed by atoms with van der Waals surface area (Å²) in [5, 5.41) is 6.74. The van der Waals surface area contributed by atoms with Crippen LogP contribution in [0.25, 0.3) is 0 Å². The Hall–Kier alpha value is -1.78. The minimum atomic E-state index is -0.250. The summed E-state index contributed by atoms with van der Waals surface area (Å²) < 4.78 is 0. The summed E-state index contributed by atoms with van der Waals surface area (Å²) in [6.45, 7) is 1.87. The molecule has 1 amide bonds. The number of hydrogen-bond donors (Lipinski definition) is 2. The number of carbonyl (C=O) groups is 1. The van der Waals surface area contributed by atoms with Crippen LogP contribution in [0.4, 0.5) is 5.82 Å². The highest BCUT2D eigenvalue weighted by Crippen LogP contribution is 2.23. The molecular weight excluding hydrogens is 309 g/mol. The number of rotatable bonds is 4. The number of anilines is 1. The third-order valence-corrected chi connectivity index (χ3v) is 3.69. The molecule has 4 nitrogen and oxygen atoms in total. The van der Waals surface area contributed by atoms with Gasteiger partial charge < -0.3 is 10.6 Å². The van der Waals surface area contributed by atoms with Crippen LogP contribution < -0.4 is 10.6 Å². The molecule has 2 N–H and O–H groups in total. The summed E-state index contributed by atoms with van der Waals surface area (Å²) in [6, 6.07) is 8.76. The van der Waals surface area contributed by atoms with Crippen molar-refractivity contribution in [2.75, 3.05) is 12.4 Å². The van der Waals surface area contributed by atoms with E-state index in [4.69, 9.17) is 23.2 Å². The molecule has 2 rings (SSSR count). The smallest absolute Gasteiger partial charge is 0.253 e. The maximum atomic E-state index is 12.2. The fraction of sp³-hybridized carbons (Fsp3) is 0.200. The van der Waals surface area contributed by atoms with Gasteiger partial charge in [0.05, 0.1) is 16.6 Å². The highest BCUT2D eigenvalue weighted by Gasteiger charge is 2.15. The van der Waals surface area contributed by atoms with Crippen LogP contribution in [0, 0.1) is 0 Å². The normalized spacial score (nSPS) is 11.8. The van der Waals surface area contributed by atoms with Gasteiger partial charge in [0.1, 0.15) is 5.82 Å². The molecule has 1 unspecified atom stereocenters. The van der Waals surface area contributed by atoms with Crippen LogP contribution in [0.1, 0.15) is 28.9 Å². The molecule has 1 heterocycles. The second kappa shape index (κ2) is 6.78. The number of benzene rings is 1. The SMILES string of the molecule is CNc1ncc(C(=O)NC(C)c2ccccc2Cl)cc1Cl. The first-order chi connectivity index (χ1) is 10.0. The van der Waals surface area contributed by atoms with Crippen LogP contribution in [0.3, 0.4) is 0 Å². The summed E-state index contributed by atoms with van der Waals surface area (Å²) >= 11 is 12.1. The quantitative estimate of drug-likeness (QED) is 0.896. The van der Waals surface area contributed by atoms with Gasteiger partial charge in [-0.05, 0) is 24.6 Å². The van der Waals surface area contributed by atoms with Crippen molar-refractivity contribution >= 4 is 34.9 Å². The minimum Gasteiger partial charge on any atom is -0.372 e. The fourth-order valence-electron chi connectivity index (χ4n) is 1.93. The zero-order valence-electron chi connectivity index (χ0n) is 11.7. The predicted molar refractivity (Wildman–Crippen MR) is 86.1 cm³/mol. The summed E-state index contributed by atoms with van der Waals surface area (Å²) in [7, 11) is 1.72. The fourth-order valence-corrected chi connectivity index (χ4v) is 2.49. The topological polar surface area (TPSA) is 54.0 Å². The zero-order valence-corrected chi connectivity index (χ0v) is 13.2. The third kappa shape index (κ3) is 3.65. The molecule has 0 bridgehead atoms. The van der Waals surface area contributed by atoms with Gasteiger partial charge in [-0.3, -0.25) is 4.79 Å². The summed E-state index contributed by atoms with van der Waals surface area (Å²) in [5.74, 6) is 0.284. The van der Waals surface area contributed by atoms with E-state index in [1.54, 1.807) is 19.2 Å². The monoisotopic (exact) mass is 323 g/mol. The number of halogens is 2. The van der Waals surface area contributed by atoms with Gasteiger partial charge in [-0.1, -0.05) is 41.4 Å². The number of hydrogen-bond acceptors (Lipinski definition) is 3. The second-order valence-electron chi connectivity index (χ2n) is 4.52. The lowest BCUT2D eigenvalue weighted by Crippen LogP contribution is -2.27. The zero-order chi connectivity index (χ0) is 15.4. The molecule has 0 aliphatic rings. The number of carbonyl (C=O) groups excluding carboxylic acids is 1. The lowest BCUT2D eigenvalue weighted by Gasteiger charge is -2.16. The first kappa shape index (κ1) is 15.6. The van der Waals surface area contributed by atoms with Gasteiger partial charge in [-0.2, -0.15) is 0 Å². The molecule has 110 valence electrons. The van der Waals surface area contributed by atoms with Gasteiger partial charge in [0.2, 0.25) is 0 Å². The molecule has 21 heavy (non-hydrogen) atoms. The van der Waals surface area contributed by atoms with E-state index in [0.29, 0.717) is 21.4 Å². The Labute approximate surface area is 133 Å². The maximum absolute atomic E-state index is 12.2. The third-order valence-electron chi connectivity index (χ3n) is 3.06. The number of pyridine rings is 1. The lowest BCUT2D eigenvalue weighted by molar-refractivity contribution is 0.0939. The Morgan fingerprint density at radius 3 is 2.57 bits per heavy atom. The molecular formula is C15H15Cl2N3O. The van der Waals surface area contributed by atoms with Crippen molar-refractivity contribution in [1.29, 1.82) is 0 Å². The molecule has 0 radical (unpaired) electrons. The molecule has 0 aliphatic carbocycles. The molecule has 2 aromatic rings. The van der Waals surface area contributed by atoms with Gasteiger partial charge in [0.15, 0.2) is 0 Å². The summed E-state index contributed by atoms with van der Waals surface area (Å²) in [5.41, 5.74) is 1.26. The minimum absolute atomic E-state index is 0.214. The first-order valence-corrected chi connectivity index (χ1v) is 7.17. The Bertz CT molecular complexity index is 661. The van der Waals surface area contributed by atoms with Crippen LogP contribution in [0.2, 0.25) is 10.0 Å². The van der Waals surface area contributed by atoms with Gasteiger partial charge >= 0.3 is 0 Å². The van der Waals surface area contributed by atoms with Gasteiger partial charge in [-0.25, -0.2) is 4.98 Å². The molecule has 0 spiro atoms. The second-order valence-corrected chi connectivity index (χ2v) is 5.34. The van der Waals surface area contributed by atoms with Crippen molar-refractivity contribution in [2.24, 2.45) is 0 Å². The Balaban J connectivity index is 2.14. The van der Waals surface area contributed by atoms with Crippen LogP contribution in [0.15, 0.2) is 36.5 Å². The number of aromatic nitrogens is 1. The van der Waals surface area contributed by atoms with E-state index in [0.717, 1.165) is 5.56 Å². The van der Waals surface area contributed by atoms with Gasteiger partial charge in [0.25, 0.3) is 5.91 Å². The summed E-state index contributed by atoms with van der Waals surface area (Å²) in [6.07, 6.45) is 1.48. The van der Waals surface area contributed by atoms with Crippen LogP contribution in [-0.4, -0.2) is 17.9 Å². The molecule has 0 aliphatic heterocycles. The molecule has 1 atom stereocenters. The average molecular weight is 324 g/mol. The average Bonchev–Trinajstić information content (AvgIpc) is 2.47. The maximum Gasteiger partial charge on any atom is 0.253 e. The number of nitrogens with one attached hydrogen (secondary N) is 2. The molecule has 1 aromatic carbocycles. The molecule has 0 saturated heterocycles. The predicted octanol–water partition coefficient (Wildman–Crippen LogP) is 3.92. The Morgan fingerprint density at radius 2 is 1.95 bits per heavy atom. The van der Waals surface area contributed by atoms with E-state index in [-0.39, 0.29) is 11.9 Å². The molecule has 1 aromatic heterocycles. The van der Waals surface area contributed by atoms with Crippen molar-refractivity contribution in [2.45, 2.75) is 13.0 Å². The van der Waals surface area contributed by atoms with Crippen LogP contribution in [0.5, 0.6) is 0 Å². The van der Waals surface area contributed by atoms with Crippen LogP contribution in [-0.2, 0) is 0 Å². The lowest BCUT2D eigenvalue weighted by atomic mass is 10.1. The summed E-state index contributed by atoms with van der Waals surface area (Å²) in [4.78, 5) is 16.3. The standard InChI is InChI=1S/C15H15Cl2N3O/c1-9(11-5-3-4-6-12(11)16)20-15(21)10-7-13(17)14(18-2)19-8-10/h3-9H,1-2H3,(H,18,19)(H,20,21). The van der Waals surface area contributed by atoms with E-state index in [1.165, 1.54) is 6.20 Å². The molecule has 0 saturated carbocycles. The highest BCUT2D eigenvalue weighted by atomic mass is 35.5. The van der Waals surface area contributed by atoms with Crippen molar-refractivity contribution in [3.8, 4) is 0 Å². The number of nitrogens with zero attached hydrogens (tertiary/aromatic N) is 1. The Morgan fingerprint density at radius 1 is 1.24 bits per heavy atom. The van der Waals surface area contributed by atoms with Crippen LogP contribution >= 0.6 is 23.2 Å². The molecule has 0 fully saturated rings. The van der Waals surface area contributed by atoms with E-state index in [9.17, 15) is 4.79 Å². The van der Waals surface area contributed by atoms with Crippen molar-refractivity contribution < 1.29 is 4.79 Å². The highest BCUT2D eigenvalue weighted by molar-refractivity contribution is 6.33. The van der Waals surface area contributed by atoms with Gasteiger partial charge in [-0.15, -0.1) is 0 Å². The molecule has 6 heteroatoms. The first-order valence-electron chi connectivity index (χ1n) is 6.41. The van der Waals surface area contributed by atoms with E-state index < -0.39 is 0 Å². The van der Waals surface area contributed by atoms with Gasteiger partial charge in [0, 0.05) is 18.3 Å². The largest absolute Gasteiger partial charge is 0.372 e. The van der Waals surface area contributed by atoms with Crippen molar-refractivity contribution in [1.82, 2.24) is 10.3 Å². The van der Waals surface area contributed by atoms with E-state index >= 15 is 0 Å². The van der Waals surface area contributed by atoms with Crippen molar-refractivity contribution in [3.63, 3.8) is 0 Å². The Kier molecular flexibility index (Phi) is 5.04. The number of amides is 1. The van der Waals surface area contributed by atoms with Crippen molar-refractivity contribution in [3.05, 3.63) is 57.7 Å². The van der Waals surface area contributed by atoms with E-state index in [2.05, 4.69) is 15.6 Å². The van der Waals surface area contributed by atoms with E-state index in [1.807, 2.05) is 25.1 Å².